The summed E-state index contributed by atoms with van der Waals surface area (Å²) in [5.41, 5.74) is 2.47. The zero-order valence-electron chi connectivity index (χ0n) is 8.65. The number of fused-ring (bicyclic) bond motifs is 1. The summed E-state index contributed by atoms with van der Waals surface area (Å²) in [6.45, 7) is 0. The van der Waals surface area contributed by atoms with Gasteiger partial charge in [-0.05, 0) is 36.4 Å². The van der Waals surface area contributed by atoms with Crippen LogP contribution in [0.1, 0.15) is 0 Å². The van der Waals surface area contributed by atoms with Crippen LogP contribution < -0.4 is 0 Å². The summed E-state index contributed by atoms with van der Waals surface area (Å²) >= 11 is 9.34. The number of oxazole rings is 1. The average Bonchev–Trinajstić information content (AvgIpc) is 2.72. The van der Waals surface area contributed by atoms with Gasteiger partial charge in [-0.3, -0.25) is 0 Å². The first kappa shape index (κ1) is 10.8. The molecule has 0 saturated carbocycles. The van der Waals surface area contributed by atoms with Gasteiger partial charge in [0.25, 0.3) is 0 Å². The first-order valence-corrected chi connectivity index (χ1v) is 6.21. The number of halogens is 2. The molecule has 0 aliphatic rings. The molecule has 0 unspecified atom stereocenters. The predicted octanol–water partition coefficient (Wildman–Crippen LogP) is 4.91. The minimum atomic E-state index is 0.584. The summed E-state index contributed by atoms with van der Waals surface area (Å²) in [7, 11) is 0. The van der Waals surface area contributed by atoms with Gasteiger partial charge in [0.05, 0.1) is 0 Å². The van der Waals surface area contributed by atoms with E-state index in [4.69, 9.17) is 16.0 Å². The molecule has 17 heavy (non-hydrogen) atoms. The molecule has 1 aromatic heterocycles. The number of hydrogen-bond acceptors (Lipinski definition) is 2. The Kier molecular flexibility index (Phi) is 2.65. The maximum absolute atomic E-state index is 5.94. The summed E-state index contributed by atoms with van der Waals surface area (Å²) in [5, 5.41) is 0.672. The second-order valence-corrected chi connectivity index (χ2v) is 4.99. The van der Waals surface area contributed by atoms with Crippen molar-refractivity contribution < 1.29 is 4.42 Å². The third kappa shape index (κ3) is 2.08. The lowest BCUT2D eigenvalue weighted by molar-refractivity contribution is 0.619. The van der Waals surface area contributed by atoms with E-state index in [-0.39, 0.29) is 0 Å². The minimum Gasteiger partial charge on any atom is -0.436 e. The van der Waals surface area contributed by atoms with Crippen LogP contribution in [-0.2, 0) is 0 Å². The summed E-state index contributed by atoms with van der Waals surface area (Å²) in [6, 6.07) is 13.2. The van der Waals surface area contributed by atoms with Gasteiger partial charge in [0.1, 0.15) is 5.52 Å². The van der Waals surface area contributed by atoms with Gasteiger partial charge in [0.2, 0.25) is 5.89 Å². The number of nitrogens with zero attached hydrogens (tertiary/aromatic N) is 1. The highest BCUT2D eigenvalue weighted by atomic mass is 79.9. The van der Waals surface area contributed by atoms with Crippen LogP contribution in [0.2, 0.25) is 5.02 Å². The maximum Gasteiger partial charge on any atom is 0.227 e. The smallest absolute Gasteiger partial charge is 0.227 e. The lowest BCUT2D eigenvalue weighted by atomic mass is 10.2. The van der Waals surface area contributed by atoms with E-state index < -0.39 is 0 Å². The third-order valence-corrected chi connectivity index (χ3v) is 3.15. The molecule has 4 heteroatoms. The van der Waals surface area contributed by atoms with Crippen LogP contribution in [0.25, 0.3) is 22.6 Å². The van der Waals surface area contributed by atoms with Crippen molar-refractivity contribution in [3.8, 4) is 11.5 Å². The zero-order valence-corrected chi connectivity index (χ0v) is 11.0. The van der Waals surface area contributed by atoms with Crippen LogP contribution >= 0.6 is 27.5 Å². The van der Waals surface area contributed by atoms with Crippen LogP contribution in [-0.4, -0.2) is 4.98 Å². The first-order chi connectivity index (χ1) is 8.22. The molecule has 84 valence electrons. The largest absolute Gasteiger partial charge is 0.436 e. The van der Waals surface area contributed by atoms with Crippen molar-refractivity contribution in [3.63, 3.8) is 0 Å². The number of rotatable bonds is 1. The van der Waals surface area contributed by atoms with Crippen molar-refractivity contribution in [3.05, 3.63) is 52.0 Å². The highest BCUT2D eigenvalue weighted by Gasteiger charge is 2.08. The van der Waals surface area contributed by atoms with E-state index in [0.29, 0.717) is 10.9 Å². The summed E-state index contributed by atoms with van der Waals surface area (Å²) < 4.78 is 6.66. The van der Waals surface area contributed by atoms with E-state index in [1.807, 2.05) is 42.5 Å². The molecule has 0 atom stereocenters. The summed E-state index contributed by atoms with van der Waals surface area (Å²) in [6.07, 6.45) is 0. The fourth-order valence-corrected chi connectivity index (χ4v) is 2.17. The third-order valence-electron chi connectivity index (χ3n) is 2.42. The van der Waals surface area contributed by atoms with E-state index in [1.54, 1.807) is 0 Å². The van der Waals surface area contributed by atoms with Gasteiger partial charge in [0.15, 0.2) is 5.58 Å². The Bertz CT molecular complexity index is 693. The fourth-order valence-electron chi connectivity index (χ4n) is 1.64. The van der Waals surface area contributed by atoms with Gasteiger partial charge in [-0.1, -0.05) is 33.6 Å². The van der Waals surface area contributed by atoms with Gasteiger partial charge in [0, 0.05) is 15.1 Å². The lowest BCUT2D eigenvalue weighted by Gasteiger charge is -1.94. The fraction of sp³-hybridized carbons (Fsp3) is 0. The normalized spacial score (nSPS) is 10.9. The van der Waals surface area contributed by atoms with E-state index in [0.717, 1.165) is 21.1 Å². The Morgan fingerprint density at radius 3 is 2.82 bits per heavy atom. The molecular weight excluding hydrogens is 302 g/mol. The number of aromatic nitrogens is 1. The Morgan fingerprint density at radius 2 is 2.00 bits per heavy atom. The topological polar surface area (TPSA) is 26.0 Å². The van der Waals surface area contributed by atoms with Crippen molar-refractivity contribution in [1.82, 2.24) is 4.98 Å². The van der Waals surface area contributed by atoms with Gasteiger partial charge < -0.3 is 4.42 Å². The van der Waals surface area contributed by atoms with Crippen molar-refractivity contribution in [2.24, 2.45) is 0 Å². The van der Waals surface area contributed by atoms with Crippen LogP contribution in [0.15, 0.2) is 51.4 Å². The van der Waals surface area contributed by atoms with Crippen LogP contribution in [0.3, 0.4) is 0 Å². The summed E-state index contributed by atoms with van der Waals surface area (Å²) in [4.78, 5) is 4.42. The van der Waals surface area contributed by atoms with E-state index in [2.05, 4.69) is 20.9 Å². The van der Waals surface area contributed by atoms with Gasteiger partial charge in [-0.2, -0.15) is 0 Å². The molecule has 0 radical (unpaired) electrons. The molecule has 2 aromatic carbocycles. The maximum atomic E-state index is 5.94. The molecule has 3 aromatic rings. The zero-order chi connectivity index (χ0) is 11.8. The molecule has 0 aliphatic carbocycles. The van der Waals surface area contributed by atoms with Gasteiger partial charge in [-0.25, -0.2) is 4.98 Å². The second-order valence-electron chi connectivity index (χ2n) is 3.64. The van der Waals surface area contributed by atoms with Crippen molar-refractivity contribution in [2.75, 3.05) is 0 Å². The average molecular weight is 309 g/mol. The van der Waals surface area contributed by atoms with Crippen LogP contribution in [0.4, 0.5) is 0 Å². The van der Waals surface area contributed by atoms with Gasteiger partial charge in [-0.15, -0.1) is 0 Å². The van der Waals surface area contributed by atoms with Crippen LogP contribution in [0, 0.1) is 0 Å². The molecule has 0 fully saturated rings. The number of benzene rings is 2. The van der Waals surface area contributed by atoms with Crippen molar-refractivity contribution in [1.29, 1.82) is 0 Å². The standard InChI is InChI=1S/C13H7BrClNO/c14-9-4-5-11-12(7-9)17-13(16-11)8-2-1-3-10(15)6-8/h1-7H. The van der Waals surface area contributed by atoms with Gasteiger partial charge >= 0.3 is 0 Å². The molecule has 0 aliphatic heterocycles. The second kappa shape index (κ2) is 4.17. The monoisotopic (exact) mass is 307 g/mol. The Morgan fingerprint density at radius 1 is 1.12 bits per heavy atom. The van der Waals surface area contributed by atoms with Crippen molar-refractivity contribution in [2.45, 2.75) is 0 Å². The SMILES string of the molecule is Clc1cccc(-c2nc3ccc(Br)cc3o2)c1. The molecule has 0 saturated heterocycles. The molecule has 0 spiro atoms. The Hall–Kier alpha value is -1.32. The Labute approximate surface area is 111 Å². The van der Waals surface area contributed by atoms with E-state index in [9.17, 15) is 0 Å². The van der Waals surface area contributed by atoms with Crippen LogP contribution in [0.5, 0.6) is 0 Å². The molecular formula is C13H7BrClNO. The quantitative estimate of drug-likeness (QED) is 0.638. The first-order valence-electron chi connectivity index (χ1n) is 5.04. The Balaban J connectivity index is 2.18. The minimum absolute atomic E-state index is 0.584. The predicted molar refractivity (Wildman–Crippen MR) is 72.2 cm³/mol. The molecule has 0 amide bonds. The molecule has 3 rings (SSSR count). The molecule has 1 heterocycles. The molecule has 0 N–H and O–H groups in total. The van der Waals surface area contributed by atoms with E-state index in [1.165, 1.54) is 0 Å². The highest BCUT2D eigenvalue weighted by molar-refractivity contribution is 9.10. The summed E-state index contributed by atoms with van der Waals surface area (Å²) in [5.74, 6) is 0.584. The lowest BCUT2D eigenvalue weighted by Crippen LogP contribution is -1.76. The highest BCUT2D eigenvalue weighted by Crippen LogP contribution is 2.27. The number of hydrogen-bond donors (Lipinski definition) is 0. The molecule has 2 nitrogen and oxygen atoms in total. The van der Waals surface area contributed by atoms with Crippen molar-refractivity contribution >= 4 is 38.6 Å². The molecule has 0 bridgehead atoms. The van der Waals surface area contributed by atoms with E-state index >= 15 is 0 Å².